The fraction of sp³-hybridized carbons (Fsp3) is 0.500. The maximum Gasteiger partial charge on any atom is 0.200 e. The van der Waals surface area contributed by atoms with Gasteiger partial charge in [-0.3, -0.25) is 0 Å². The summed E-state index contributed by atoms with van der Waals surface area (Å²) in [5.74, 6) is -0.438. The van der Waals surface area contributed by atoms with Crippen LogP contribution in [0.2, 0.25) is 0 Å². The molecule has 1 aliphatic carbocycles. The quantitative estimate of drug-likeness (QED) is 0.334. The molecular formula is C28H35F3O. The minimum absolute atomic E-state index is 0.0282. The monoisotopic (exact) mass is 444 g/mol. The molecule has 0 amide bonds. The summed E-state index contributed by atoms with van der Waals surface area (Å²) in [6.45, 7) is 3.56. The average molecular weight is 445 g/mol. The van der Waals surface area contributed by atoms with E-state index in [1.165, 1.54) is 50.7 Å². The molecule has 0 radical (unpaired) electrons. The second-order valence-corrected chi connectivity index (χ2v) is 8.96. The van der Waals surface area contributed by atoms with E-state index in [4.69, 9.17) is 4.74 Å². The first kappa shape index (κ1) is 24.4. The zero-order valence-electron chi connectivity index (χ0n) is 19.3. The Morgan fingerprint density at radius 2 is 1.69 bits per heavy atom. The Morgan fingerprint density at radius 1 is 0.969 bits per heavy atom. The summed E-state index contributed by atoms with van der Waals surface area (Å²) >= 11 is 0. The maximum absolute atomic E-state index is 14.3. The molecule has 1 saturated carbocycles. The lowest BCUT2D eigenvalue weighted by Crippen LogP contribution is -2.13. The molecule has 2 aromatic carbocycles. The lowest BCUT2D eigenvalue weighted by molar-refractivity contribution is 0.305. The topological polar surface area (TPSA) is 9.23 Å². The molecule has 0 aliphatic heterocycles. The molecule has 2 aromatic rings. The van der Waals surface area contributed by atoms with Crippen LogP contribution in [0.1, 0.15) is 81.4 Å². The number of rotatable bonds is 10. The number of halogens is 3. The van der Waals surface area contributed by atoms with Gasteiger partial charge in [0.05, 0.1) is 12.4 Å². The van der Waals surface area contributed by atoms with Gasteiger partial charge in [0.2, 0.25) is 5.82 Å². The number of ether oxygens (including phenoxy) is 1. The third kappa shape index (κ3) is 6.88. The Hall–Kier alpha value is -2.23. The smallest absolute Gasteiger partial charge is 0.200 e. The predicted molar refractivity (Wildman–Crippen MR) is 125 cm³/mol. The van der Waals surface area contributed by atoms with E-state index in [1.807, 2.05) is 0 Å². The van der Waals surface area contributed by atoms with E-state index >= 15 is 0 Å². The molecule has 0 heterocycles. The number of allylic oxidation sites excluding steroid dienone is 2. The largest absolute Gasteiger partial charge is 0.491 e. The van der Waals surface area contributed by atoms with Crippen molar-refractivity contribution in [1.82, 2.24) is 0 Å². The lowest BCUT2D eigenvalue weighted by atomic mass is 9.77. The van der Waals surface area contributed by atoms with Gasteiger partial charge in [-0.05, 0) is 99.8 Å². The van der Waals surface area contributed by atoms with Crippen LogP contribution in [0.15, 0.2) is 48.3 Å². The second-order valence-electron chi connectivity index (χ2n) is 8.96. The standard InChI is InChI=1S/C28H35F3O/c1-3-32-26-19-18-25(27(30)28(26)31)17-12-22-10-15-24(16-11-22)23-13-8-21(9-14-23)7-5-4-6-20(2)29/h6,10-11,15-16,18-19,21,23H,3-5,7-9,12-14,17H2,1-2H3/b20-6-. The molecule has 0 saturated heterocycles. The molecule has 0 atom stereocenters. The van der Waals surface area contributed by atoms with Crippen molar-refractivity contribution in [1.29, 1.82) is 0 Å². The van der Waals surface area contributed by atoms with Crippen molar-refractivity contribution in [2.75, 3.05) is 6.61 Å². The van der Waals surface area contributed by atoms with Crippen molar-refractivity contribution in [3.05, 3.63) is 76.6 Å². The van der Waals surface area contributed by atoms with Gasteiger partial charge in [0.25, 0.3) is 0 Å². The van der Waals surface area contributed by atoms with E-state index in [1.54, 1.807) is 19.1 Å². The molecule has 1 aliphatic rings. The van der Waals surface area contributed by atoms with Gasteiger partial charge in [-0.1, -0.05) is 42.8 Å². The van der Waals surface area contributed by atoms with E-state index in [-0.39, 0.29) is 11.6 Å². The van der Waals surface area contributed by atoms with Crippen molar-refractivity contribution in [3.8, 4) is 5.75 Å². The van der Waals surface area contributed by atoms with Gasteiger partial charge in [-0.25, -0.2) is 8.78 Å². The lowest BCUT2D eigenvalue weighted by Gasteiger charge is -2.29. The molecule has 0 unspecified atom stereocenters. The van der Waals surface area contributed by atoms with Crippen molar-refractivity contribution in [2.45, 2.75) is 77.6 Å². The van der Waals surface area contributed by atoms with Gasteiger partial charge in [0.15, 0.2) is 11.6 Å². The first-order chi connectivity index (χ1) is 15.5. The molecule has 0 N–H and O–H groups in total. The Morgan fingerprint density at radius 3 is 2.34 bits per heavy atom. The summed E-state index contributed by atoms with van der Waals surface area (Å²) in [6, 6.07) is 11.8. The first-order valence-corrected chi connectivity index (χ1v) is 12.0. The Kier molecular flexibility index (Phi) is 9.25. The second kappa shape index (κ2) is 12.1. The van der Waals surface area contributed by atoms with Gasteiger partial charge in [-0.2, -0.15) is 4.39 Å². The minimum atomic E-state index is -0.899. The molecule has 174 valence electrons. The normalized spacial score (nSPS) is 19.2. The summed E-state index contributed by atoms with van der Waals surface area (Å²) in [5.41, 5.74) is 2.89. The fourth-order valence-electron chi connectivity index (χ4n) is 4.76. The number of hydrogen-bond acceptors (Lipinski definition) is 1. The molecule has 4 heteroatoms. The third-order valence-corrected chi connectivity index (χ3v) is 6.65. The summed E-state index contributed by atoms with van der Waals surface area (Å²) < 4.78 is 46.2. The van der Waals surface area contributed by atoms with E-state index < -0.39 is 11.6 Å². The number of unbranched alkanes of at least 4 members (excludes halogenated alkanes) is 1. The molecule has 0 bridgehead atoms. The van der Waals surface area contributed by atoms with Crippen molar-refractivity contribution >= 4 is 0 Å². The molecule has 3 rings (SSSR count). The van der Waals surface area contributed by atoms with Crippen LogP contribution in [-0.4, -0.2) is 6.61 Å². The van der Waals surface area contributed by atoms with Crippen LogP contribution in [0.25, 0.3) is 0 Å². The Bertz CT molecular complexity index is 876. The van der Waals surface area contributed by atoms with Crippen molar-refractivity contribution < 1.29 is 17.9 Å². The molecule has 1 fully saturated rings. The van der Waals surface area contributed by atoms with Crippen LogP contribution in [-0.2, 0) is 12.8 Å². The summed E-state index contributed by atoms with van der Waals surface area (Å²) in [5, 5.41) is 0. The molecule has 32 heavy (non-hydrogen) atoms. The first-order valence-electron chi connectivity index (χ1n) is 12.0. The fourth-order valence-corrected chi connectivity index (χ4v) is 4.76. The third-order valence-electron chi connectivity index (χ3n) is 6.65. The van der Waals surface area contributed by atoms with Gasteiger partial charge in [-0.15, -0.1) is 0 Å². The number of benzene rings is 2. The highest BCUT2D eigenvalue weighted by Crippen LogP contribution is 2.37. The maximum atomic E-state index is 14.3. The molecule has 0 aromatic heterocycles. The highest BCUT2D eigenvalue weighted by Gasteiger charge is 2.22. The van der Waals surface area contributed by atoms with Crippen LogP contribution in [0.3, 0.4) is 0 Å². The van der Waals surface area contributed by atoms with E-state index in [9.17, 15) is 13.2 Å². The van der Waals surface area contributed by atoms with Crippen LogP contribution >= 0.6 is 0 Å². The SMILES string of the molecule is CCOc1ccc(CCc2ccc(C3CCC(CCC/C=C(/C)F)CC3)cc2)c(F)c1F. The van der Waals surface area contributed by atoms with Crippen molar-refractivity contribution in [3.63, 3.8) is 0 Å². The zero-order valence-corrected chi connectivity index (χ0v) is 19.3. The highest BCUT2D eigenvalue weighted by atomic mass is 19.2. The van der Waals surface area contributed by atoms with Gasteiger partial charge < -0.3 is 4.74 Å². The van der Waals surface area contributed by atoms with Crippen LogP contribution in [0, 0.1) is 17.6 Å². The summed E-state index contributed by atoms with van der Waals surface area (Å²) in [4.78, 5) is 0. The molecule has 0 spiro atoms. The van der Waals surface area contributed by atoms with Crippen LogP contribution in [0.4, 0.5) is 13.2 Å². The van der Waals surface area contributed by atoms with Gasteiger partial charge >= 0.3 is 0 Å². The summed E-state index contributed by atoms with van der Waals surface area (Å²) in [6.07, 6.45) is 10.8. The zero-order chi connectivity index (χ0) is 22.9. The predicted octanol–water partition coefficient (Wildman–Crippen LogP) is 8.47. The van der Waals surface area contributed by atoms with Crippen LogP contribution < -0.4 is 4.74 Å². The van der Waals surface area contributed by atoms with E-state index in [2.05, 4.69) is 24.3 Å². The molecule has 1 nitrogen and oxygen atoms in total. The van der Waals surface area contributed by atoms with E-state index in [0.717, 1.165) is 24.3 Å². The van der Waals surface area contributed by atoms with Gasteiger partial charge in [0, 0.05) is 0 Å². The van der Waals surface area contributed by atoms with E-state index in [0.29, 0.717) is 30.9 Å². The minimum Gasteiger partial charge on any atom is -0.491 e. The van der Waals surface area contributed by atoms with Crippen molar-refractivity contribution in [2.24, 2.45) is 5.92 Å². The summed E-state index contributed by atoms with van der Waals surface area (Å²) in [7, 11) is 0. The average Bonchev–Trinajstić information content (AvgIpc) is 2.80. The number of aryl methyl sites for hydroxylation is 2. The highest BCUT2D eigenvalue weighted by molar-refractivity contribution is 5.32. The van der Waals surface area contributed by atoms with Crippen LogP contribution in [0.5, 0.6) is 5.75 Å². The Labute approximate surface area is 190 Å². The molecular weight excluding hydrogens is 409 g/mol. The Balaban J connectivity index is 1.47. The number of hydrogen-bond donors (Lipinski definition) is 0. The van der Waals surface area contributed by atoms with Gasteiger partial charge in [0.1, 0.15) is 0 Å².